The van der Waals surface area contributed by atoms with E-state index >= 15 is 0 Å². The number of nitrogens with one attached hydrogen (secondary N) is 1. The second-order valence-electron chi connectivity index (χ2n) is 5.75. The van der Waals surface area contributed by atoms with Gasteiger partial charge < -0.3 is 10.6 Å². The molecular weight excluding hydrogens is 282 g/mol. The molecule has 0 radical (unpaired) electrons. The van der Waals surface area contributed by atoms with E-state index in [1.54, 1.807) is 17.0 Å². The molecule has 0 spiro atoms. The molecule has 2 rings (SSSR count). The zero-order valence-electron chi connectivity index (χ0n) is 12.8. The number of benzene rings is 1. The van der Waals surface area contributed by atoms with Crippen molar-refractivity contribution < 1.29 is 14.4 Å². The number of imide groups is 1. The highest BCUT2D eigenvalue weighted by Crippen LogP contribution is 2.22. The first-order valence-corrected chi connectivity index (χ1v) is 7.43. The van der Waals surface area contributed by atoms with Gasteiger partial charge in [0, 0.05) is 23.3 Å². The lowest BCUT2D eigenvalue weighted by Gasteiger charge is -2.38. The Bertz CT molecular complexity index is 573. The monoisotopic (exact) mass is 303 g/mol. The molecule has 3 amide bonds. The van der Waals surface area contributed by atoms with Crippen LogP contribution < -0.4 is 11.1 Å². The lowest BCUT2D eigenvalue weighted by molar-refractivity contribution is -0.149. The van der Waals surface area contributed by atoms with E-state index in [1.807, 2.05) is 13.8 Å². The van der Waals surface area contributed by atoms with Crippen LogP contribution in [0, 0.1) is 0 Å². The minimum Gasteiger partial charge on any atom is -0.399 e. The molecule has 3 N–H and O–H groups in total. The molecule has 22 heavy (non-hydrogen) atoms. The Labute approximate surface area is 129 Å². The molecule has 2 unspecified atom stereocenters. The van der Waals surface area contributed by atoms with Crippen LogP contribution in [0.5, 0.6) is 0 Å². The van der Waals surface area contributed by atoms with Crippen molar-refractivity contribution in [2.45, 2.75) is 45.2 Å². The van der Waals surface area contributed by atoms with Gasteiger partial charge in [-0.2, -0.15) is 0 Å². The first-order chi connectivity index (χ1) is 10.4. The highest BCUT2D eigenvalue weighted by molar-refractivity contribution is 6.38. The van der Waals surface area contributed by atoms with Crippen molar-refractivity contribution in [1.29, 1.82) is 0 Å². The Hall–Kier alpha value is -2.37. The number of nitrogens with two attached hydrogens (primary N) is 1. The van der Waals surface area contributed by atoms with Crippen LogP contribution in [-0.4, -0.2) is 34.7 Å². The summed E-state index contributed by atoms with van der Waals surface area (Å²) in [5, 5.41) is 2.14. The van der Waals surface area contributed by atoms with Gasteiger partial charge in [-0.05, 0) is 57.4 Å². The fourth-order valence-corrected chi connectivity index (χ4v) is 2.80. The summed E-state index contributed by atoms with van der Waals surface area (Å²) in [6.07, 6.45) is 2.78. The van der Waals surface area contributed by atoms with Gasteiger partial charge in [0.1, 0.15) is 0 Å². The van der Waals surface area contributed by atoms with Crippen LogP contribution in [0.25, 0.3) is 0 Å². The molecule has 0 bridgehead atoms. The fraction of sp³-hybridized carbons (Fsp3) is 0.438. The van der Waals surface area contributed by atoms with E-state index in [0.29, 0.717) is 5.69 Å². The highest BCUT2D eigenvalue weighted by Gasteiger charge is 2.33. The molecule has 1 aliphatic heterocycles. The maximum Gasteiger partial charge on any atom is 0.316 e. The molecule has 6 heteroatoms. The van der Waals surface area contributed by atoms with Crippen LogP contribution in [0.3, 0.4) is 0 Å². The molecular formula is C16H21N3O3. The first kappa shape index (κ1) is 16.0. The molecule has 0 aromatic heterocycles. The maximum atomic E-state index is 12.3. The number of hydrogen-bond acceptors (Lipinski definition) is 4. The molecule has 118 valence electrons. The van der Waals surface area contributed by atoms with Gasteiger partial charge in [-0.15, -0.1) is 0 Å². The zero-order valence-corrected chi connectivity index (χ0v) is 12.8. The maximum absolute atomic E-state index is 12.3. The number of anilines is 1. The Balaban J connectivity index is 2.03. The second-order valence-corrected chi connectivity index (χ2v) is 5.75. The van der Waals surface area contributed by atoms with Crippen molar-refractivity contribution in [1.82, 2.24) is 10.2 Å². The van der Waals surface area contributed by atoms with Gasteiger partial charge in [0.15, 0.2) is 0 Å². The summed E-state index contributed by atoms with van der Waals surface area (Å²) in [5.41, 5.74) is 6.36. The minimum absolute atomic E-state index is 0.00799. The average Bonchev–Trinajstić information content (AvgIpc) is 2.47. The van der Waals surface area contributed by atoms with E-state index in [-0.39, 0.29) is 17.6 Å². The lowest BCUT2D eigenvalue weighted by Crippen LogP contribution is -2.53. The normalized spacial score (nSPS) is 21.3. The molecule has 1 fully saturated rings. The van der Waals surface area contributed by atoms with Crippen molar-refractivity contribution in [2.24, 2.45) is 0 Å². The molecule has 1 aliphatic rings. The van der Waals surface area contributed by atoms with Crippen molar-refractivity contribution in [2.75, 3.05) is 5.73 Å². The number of likely N-dealkylation sites (tertiary alicyclic amines) is 1. The number of amides is 3. The number of hydrogen-bond donors (Lipinski definition) is 2. The van der Waals surface area contributed by atoms with Crippen LogP contribution in [0.1, 0.15) is 43.5 Å². The Morgan fingerprint density at radius 3 is 2.18 bits per heavy atom. The summed E-state index contributed by atoms with van der Waals surface area (Å²) in [6, 6.07) is 6.16. The Morgan fingerprint density at radius 1 is 1.09 bits per heavy atom. The molecule has 1 saturated heterocycles. The third-order valence-electron chi connectivity index (χ3n) is 4.02. The van der Waals surface area contributed by atoms with E-state index in [1.165, 1.54) is 12.1 Å². The van der Waals surface area contributed by atoms with Crippen molar-refractivity contribution in [3.8, 4) is 0 Å². The molecule has 0 saturated carbocycles. The lowest BCUT2D eigenvalue weighted by atomic mass is 9.97. The van der Waals surface area contributed by atoms with Crippen molar-refractivity contribution in [3.05, 3.63) is 29.8 Å². The summed E-state index contributed by atoms with van der Waals surface area (Å²) in [4.78, 5) is 37.9. The first-order valence-electron chi connectivity index (χ1n) is 7.43. The van der Waals surface area contributed by atoms with E-state index in [2.05, 4.69) is 5.32 Å². The van der Waals surface area contributed by atoms with Crippen molar-refractivity contribution in [3.63, 3.8) is 0 Å². The minimum atomic E-state index is -0.887. The van der Waals surface area contributed by atoms with Crippen LogP contribution >= 0.6 is 0 Å². The molecule has 1 aromatic carbocycles. The largest absolute Gasteiger partial charge is 0.399 e. The van der Waals surface area contributed by atoms with Gasteiger partial charge >= 0.3 is 11.8 Å². The van der Waals surface area contributed by atoms with Gasteiger partial charge in [0.05, 0.1) is 0 Å². The van der Waals surface area contributed by atoms with E-state index < -0.39 is 17.7 Å². The zero-order chi connectivity index (χ0) is 16.3. The third kappa shape index (κ3) is 3.44. The number of carbonyl (C=O) groups excluding carboxylic acids is 3. The quantitative estimate of drug-likeness (QED) is 0.604. The topological polar surface area (TPSA) is 92.5 Å². The summed E-state index contributed by atoms with van der Waals surface area (Å²) < 4.78 is 0. The summed E-state index contributed by atoms with van der Waals surface area (Å²) >= 11 is 0. The van der Waals surface area contributed by atoms with Gasteiger partial charge in [-0.1, -0.05) is 0 Å². The van der Waals surface area contributed by atoms with Gasteiger partial charge in [-0.3, -0.25) is 19.7 Å². The summed E-state index contributed by atoms with van der Waals surface area (Å²) in [7, 11) is 0. The van der Waals surface area contributed by atoms with Crippen LogP contribution in [0.15, 0.2) is 24.3 Å². The molecule has 1 aromatic rings. The summed E-state index contributed by atoms with van der Waals surface area (Å²) in [5.74, 6) is -2.14. The SMILES string of the molecule is CC1CCCC(C)N1C(=O)C(=O)NC(=O)c1ccc(N)cc1. The van der Waals surface area contributed by atoms with Crippen molar-refractivity contribution >= 4 is 23.4 Å². The van der Waals surface area contributed by atoms with Crippen LogP contribution in [0.4, 0.5) is 5.69 Å². The molecule has 1 heterocycles. The number of nitrogen functional groups attached to an aromatic ring is 1. The smallest absolute Gasteiger partial charge is 0.316 e. The average molecular weight is 303 g/mol. The number of nitrogens with zero attached hydrogens (tertiary/aromatic N) is 1. The Kier molecular flexibility index (Phi) is 4.80. The van der Waals surface area contributed by atoms with E-state index in [0.717, 1.165) is 19.3 Å². The predicted molar refractivity (Wildman–Crippen MR) is 82.9 cm³/mol. The van der Waals surface area contributed by atoms with Gasteiger partial charge in [0.2, 0.25) is 0 Å². The fourth-order valence-electron chi connectivity index (χ4n) is 2.80. The van der Waals surface area contributed by atoms with E-state index in [9.17, 15) is 14.4 Å². The standard InChI is InChI=1S/C16H21N3O3/c1-10-4-3-5-11(2)19(10)16(22)15(21)18-14(20)12-6-8-13(17)9-7-12/h6-11H,3-5,17H2,1-2H3,(H,18,20,21). The number of carbonyl (C=O) groups is 3. The molecule has 6 nitrogen and oxygen atoms in total. The molecule has 0 aliphatic carbocycles. The van der Waals surface area contributed by atoms with Crippen LogP contribution in [0.2, 0.25) is 0 Å². The predicted octanol–water partition coefficient (Wildman–Crippen LogP) is 1.31. The van der Waals surface area contributed by atoms with Gasteiger partial charge in [-0.25, -0.2) is 0 Å². The second kappa shape index (κ2) is 6.60. The van der Waals surface area contributed by atoms with E-state index in [4.69, 9.17) is 5.73 Å². The number of rotatable bonds is 1. The van der Waals surface area contributed by atoms with Crippen LogP contribution in [-0.2, 0) is 9.59 Å². The highest BCUT2D eigenvalue weighted by atomic mass is 16.2. The number of piperidine rings is 1. The van der Waals surface area contributed by atoms with Gasteiger partial charge in [0.25, 0.3) is 5.91 Å². The summed E-state index contributed by atoms with van der Waals surface area (Å²) in [6.45, 7) is 3.84. The third-order valence-corrected chi connectivity index (χ3v) is 4.02. The Morgan fingerprint density at radius 2 is 1.64 bits per heavy atom. The molecule has 2 atom stereocenters.